The van der Waals surface area contributed by atoms with E-state index in [0.29, 0.717) is 12.4 Å². The van der Waals surface area contributed by atoms with Gasteiger partial charge < -0.3 is 10.5 Å². The van der Waals surface area contributed by atoms with Crippen LogP contribution < -0.4 is 10.5 Å². The van der Waals surface area contributed by atoms with Crippen LogP contribution in [0.5, 0.6) is 5.75 Å². The van der Waals surface area contributed by atoms with Crippen LogP contribution in [0, 0.1) is 5.82 Å². The Bertz CT molecular complexity index is 352. The molecule has 1 aromatic carbocycles. The number of halogens is 2. The maximum atomic E-state index is 12.7. The molecule has 0 bridgehead atoms. The zero-order chi connectivity index (χ0) is 10.2. The van der Waals surface area contributed by atoms with Gasteiger partial charge in [0.1, 0.15) is 18.2 Å². The van der Waals surface area contributed by atoms with E-state index in [1.807, 2.05) is 0 Å². The van der Waals surface area contributed by atoms with Gasteiger partial charge in [-0.05, 0) is 31.0 Å². The molecule has 0 saturated heterocycles. The topological polar surface area (TPSA) is 35.2 Å². The van der Waals surface area contributed by atoms with Crippen molar-refractivity contribution in [2.45, 2.75) is 18.4 Å². The molecule has 76 valence electrons. The molecular weight excluding hydrogens is 205 g/mol. The van der Waals surface area contributed by atoms with E-state index in [2.05, 4.69) is 0 Å². The van der Waals surface area contributed by atoms with Gasteiger partial charge in [-0.3, -0.25) is 0 Å². The highest BCUT2D eigenvalue weighted by Gasteiger charge is 2.39. The van der Waals surface area contributed by atoms with Gasteiger partial charge in [0, 0.05) is 0 Å². The maximum Gasteiger partial charge on any atom is 0.138 e. The van der Waals surface area contributed by atoms with E-state index in [0.717, 1.165) is 12.8 Å². The first-order valence-electron chi connectivity index (χ1n) is 4.46. The largest absolute Gasteiger partial charge is 0.490 e. The molecule has 2 rings (SSSR count). The number of hydrogen-bond acceptors (Lipinski definition) is 2. The van der Waals surface area contributed by atoms with E-state index in [1.165, 1.54) is 18.2 Å². The van der Waals surface area contributed by atoms with E-state index in [9.17, 15) is 4.39 Å². The highest BCUT2D eigenvalue weighted by molar-refractivity contribution is 6.32. The summed E-state index contributed by atoms with van der Waals surface area (Å²) < 4.78 is 18.1. The Morgan fingerprint density at radius 1 is 1.50 bits per heavy atom. The molecule has 14 heavy (non-hydrogen) atoms. The number of hydrogen-bond donors (Lipinski definition) is 1. The number of ether oxygens (including phenoxy) is 1. The first-order chi connectivity index (χ1) is 6.59. The second-order valence-corrected chi connectivity index (χ2v) is 4.13. The van der Waals surface area contributed by atoms with Crippen LogP contribution in [0.2, 0.25) is 5.02 Å². The second kappa shape index (κ2) is 3.41. The minimum Gasteiger partial charge on any atom is -0.490 e. The van der Waals surface area contributed by atoms with E-state index < -0.39 is 0 Å². The number of benzene rings is 1. The van der Waals surface area contributed by atoms with Crippen molar-refractivity contribution >= 4 is 11.6 Å². The van der Waals surface area contributed by atoms with Gasteiger partial charge in [0.25, 0.3) is 0 Å². The Morgan fingerprint density at radius 3 is 2.79 bits per heavy atom. The van der Waals surface area contributed by atoms with Gasteiger partial charge in [0.2, 0.25) is 0 Å². The lowest BCUT2D eigenvalue weighted by molar-refractivity contribution is 0.279. The van der Waals surface area contributed by atoms with Crippen molar-refractivity contribution in [3.05, 3.63) is 29.0 Å². The van der Waals surface area contributed by atoms with E-state index in [4.69, 9.17) is 22.1 Å². The van der Waals surface area contributed by atoms with Gasteiger partial charge in [0.05, 0.1) is 10.6 Å². The van der Waals surface area contributed by atoms with Crippen LogP contribution in [0.25, 0.3) is 0 Å². The average Bonchev–Trinajstić information content (AvgIpc) is 2.83. The molecule has 0 aromatic heterocycles. The fourth-order valence-corrected chi connectivity index (χ4v) is 1.34. The molecule has 4 heteroatoms. The van der Waals surface area contributed by atoms with E-state index in [-0.39, 0.29) is 16.4 Å². The van der Waals surface area contributed by atoms with Crippen LogP contribution in [0.4, 0.5) is 4.39 Å². The summed E-state index contributed by atoms with van der Waals surface area (Å²) in [7, 11) is 0. The zero-order valence-corrected chi connectivity index (χ0v) is 8.35. The van der Waals surface area contributed by atoms with Crippen LogP contribution in [-0.2, 0) is 0 Å². The molecular formula is C10H11ClFNO. The summed E-state index contributed by atoms with van der Waals surface area (Å²) in [6, 6.07) is 4.06. The van der Waals surface area contributed by atoms with Crippen LogP contribution in [-0.4, -0.2) is 12.1 Å². The molecule has 0 aliphatic heterocycles. The molecule has 0 amide bonds. The van der Waals surface area contributed by atoms with E-state index >= 15 is 0 Å². The van der Waals surface area contributed by atoms with Crippen molar-refractivity contribution in [3.8, 4) is 5.75 Å². The van der Waals surface area contributed by atoms with Gasteiger partial charge in [-0.15, -0.1) is 0 Å². The first kappa shape index (κ1) is 9.74. The summed E-state index contributed by atoms with van der Waals surface area (Å²) in [5, 5.41) is 0.286. The Labute approximate surface area is 86.8 Å². The van der Waals surface area contributed by atoms with Gasteiger partial charge in [0.15, 0.2) is 0 Å². The van der Waals surface area contributed by atoms with Crippen molar-refractivity contribution in [2.24, 2.45) is 5.73 Å². The third-order valence-corrected chi connectivity index (χ3v) is 2.60. The van der Waals surface area contributed by atoms with Gasteiger partial charge in [-0.2, -0.15) is 0 Å². The summed E-state index contributed by atoms with van der Waals surface area (Å²) in [6.07, 6.45) is 1.96. The second-order valence-electron chi connectivity index (χ2n) is 3.73. The van der Waals surface area contributed by atoms with Crippen molar-refractivity contribution < 1.29 is 9.13 Å². The molecule has 0 radical (unpaired) electrons. The molecule has 0 heterocycles. The molecule has 0 unspecified atom stereocenters. The van der Waals surface area contributed by atoms with Crippen molar-refractivity contribution in [1.82, 2.24) is 0 Å². The van der Waals surface area contributed by atoms with E-state index in [1.54, 1.807) is 0 Å². The van der Waals surface area contributed by atoms with Gasteiger partial charge in [-0.1, -0.05) is 11.6 Å². The summed E-state index contributed by atoms with van der Waals surface area (Å²) in [5.74, 6) is 0.126. The molecule has 2 N–H and O–H groups in total. The lowest BCUT2D eigenvalue weighted by Crippen LogP contribution is -2.29. The predicted molar refractivity (Wildman–Crippen MR) is 53.1 cm³/mol. The summed E-state index contributed by atoms with van der Waals surface area (Å²) in [4.78, 5) is 0. The smallest absolute Gasteiger partial charge is 0.138 e. The third-order valence-electron chi connectivity index (χ3n) is 2.30. The van der Waals surface area contributed by atoms with Gasteiger partial charge >= 0.3 is 0 Å². The van der Waals surface area contributed by atoms with Crippen LogP contribution in [0.1, 0.15) is 12.8 Å². The minimum absolute atomic E-state index is 0.183. The van der Waals surface area contributed by atoms with Crippen molar-refractivity contribution in [1.29, 1.82) is 0 Å². The summed E-state index contributed by atoms with van der Waals surface area (Å²) in [5.41, 5.74) is 5.65. The molecule has 1 aliphatic rings. The van der Waals surface area contributed by atoms with Crippen LogP contribution in [0.15, 0.2) is 18.2 Å². The Hall–Kier alpha value is -0.800. The quantitative estimate of drug-likeness (QED) is 0.840. The average molecular weight is 216 g/mol. The molecule has 1 fully saturated rings. The van der Waals surface area contributed by atoms with Gasteiger partial charge in [-0.25, -0.2) is 4.39 Å². The molecule has 1 aromatic rings. The highest BCUT2D eigenvalue weighted by Crippen LogP contribution is 2.34. The highest BCUT2D eigenvalue weighted by atomic mass is 35.5. The SMILES string of the molecule is NC1(COc2ccc(F)cc2Cl)CC1. The predicted octanol–water partition coefficient (Wildman–Crippen LogP) is 2.35. The molecule has 0 spiro atoms. The number of nitrogens with two attached hydrogens (primary N) is 1. The Morgan fingerprint density at radius 2 is 2.21 bits per heavy atom. The molecule has 1 saturated carbocycles. The van der Waals surface area contributed by atoms with Crippen LogP contribution >= 0.6 is 11.6 Å². The fourth-order valence-electron chi connectivity index (χ4n) is 1.12. The van der Waals surface area contributed by atoms with Crippen molar-refractivity contribution in [3.63, 3.8) is 0 Å². The molecule has 2 nitrogen and oxygen atoms in total. The molecule has 1 aliphatic carbocycles. The monoisotopic (exact) mass is 215 g/mol. The summed E-state index contributed by atoms with van der Waals surface area (Å²) in [6.45, 7) is 0.443. The fraction of sp³-hybridized carbons (Fsp3) is 0.400. The minimum atomic E-state index is -0.365. The first-order valence-corrected chi connectivity index (χ1v) is 4.84. The zero-order valence-electron chi connectivity index (χ0n) is 7.59. The lowest BCUT2D eigenvalue weighted by Gasteiger charge is -2.11. The summed E-state index contributed by atoms with van der Waals surface area (Å²) >= 11 is 5.77. The van der Waals surface area contributed by atoms with Crippen LogP contribution in [0.3, 0.4) is 0 Å². The Balaban J connectivity index is 2.02. The van der Waals surface area contributed by atoms with Crippen molar-refractivity contribution in [2.75, 3.05) is 6.61 Å². The number of rotatable bonds is 3. The lowest BCUT2D eigenvalue weighted by atomic mass is 10.3. The molecule has 0 atom stereocenters. The third kappa shape index (κ3) is 2.16. The Kier molecular flexibility index (Phi) is 2.37. The normalized spacial score (nSPS) is 17.9. The standard InChI is InChI=1S/C10H11ClFNO/c11-8-5-7(12)1-2-9(8)14-6-10(13)3-4-10/h1-2,5H,3-4,6,13H2. The maximum absolute atomic E-state index is 12.7.